The van der Waals surface area contributed by atoms with Gasteiger partial charge in [-0.25, -0.2) is 0 Å². The molecule has 0 unspecified atom stereocenters. The first kappa shape index (κ1) is 13.0. The van der Waals surface area contributed by atoms with E-state index in [2.05, 4.69) is 21.4 Å². The van der Waals surface area contributed by atoms with Gasteiger partial charge in [0.15, 0.2) is 0 Å². The van der Waals surface area contributed by atoms with Gasteiger partial charge in [-0.2, -0.15) is 4.99 Å². The molecule has 0 atom stereocenters. The predicted octanol–water partition coefficient (Wildman–Crippen LogP) is 1.36. The van der Waals surface area contributed by atoms with Crippen LogP contribution in [0.15, 0.2) is 28.2 Å². The van der Waals surface area contributed by atoms with Crippen LogP contribution in [0.1, 0.15) is 18.1 Å². The molecule has 92 valence electrons. The van der Waals surface area contributed by atoms with Gasteiger partial charge in [-0.15, -0.1) is 0 Å². The van der Waals surface area contributed by atoms with Gasteiger partial charge in [-0.3, -0.25) is 4.99 Å². The molecule has 0 aliphatic carbocycles. The number of aliphatic imine (C=N–C) groups is 2. The van der Waals surface area contributed by atoms with E-state index in [0.29, 0.717) is 6.54 Å². The van der Waals surface area contributed by atoms with Crippen LogP contribution in [0.2, 0.25) is 0 Å². The van der Waals surface area contributed by atoms with Crippen LogP contribution in [0.4, 0.5) is 5.69 Å². The number of aryl methyl sites for hydroxylation is 2. The lowest BCUT2D eigenvalue weighted by Crippen LogP contribution is -2.26. The van der Waals surface area contributed by atoms with Crippen molar-refractivity contribution in [2.45, 2.75) is 20.8 Å². The van der Waals surface area contributed by atoms with Gasteiger partial charge in [-0.05, 0) is 32.4 Å². The van der Waals surface area contributed by atoms with Crippen molar-refractivity contribution in [2.24, 2.45) is 21.5 Å². The Morgan fingerprint density at radius 3 is 2.59 bits per heavy atom. The summed E-state index contributed by atoms with van der Waals surface area (Å²) in [5.41, 5.74) is 14.5. The molecule has 0 aromatic heterocycles. The Balaban J connectivity index is 2.81. The maximum atomic E-state index is 5.72. The number of nitrogens with one attached hydrogen (secondary N) is 1. The summed E-state index contributed by atoms with van der Waals surface area (Å²) in [6, 6.07) is 6.03. The van der Waals surface area contributed by atoms with Crippen molar-refractivity contribution >= 4 is 17.6 Å². The fourth-order valence-corrected chi connectivity index (χ4v) is 1.44. The van der Waals surface area contributed by atoms with E-state index in [0.717, 1.165) is 11.3 Å². The van der Waals surface area contributed by atoms with Crippen molar-refractivity contribution in [3.63, 3.8) is 0 Å². The quantitative estimate of drug-likeness (QED) is 0.532. The van der Waals surface area contributed by atoms with Gasteiger partial charge >= 0.3 is 0 Å². The highest BCUT2D eigenvalue weighted by molar-refractivity contribution is 6.00. The highest BCUT2D eigenvalue weighted by atomic mass is 15.2. The Kier molecular flexibility index (Phi) is 4.51. The second-order valence-corrected chi connectivity index (χ2v) is 3.77. The first-order valence-corrected chi connectivity index (χ1v) is 5.51. The van der Waals surface area contributed by atoms with E-state index >= 15 is 0 Å². The van der Waals surface area contributed by atoms with Gasteiger partial charge in [0, 0.05) is 12.2 Å². The zero-order chi connectivity index (χ0) is 12.8. The van der Waals surface area contributed by atoms with E-state index in [1.165, 1.54) is 5.56 Å². The van der Waals surface area contributed by atoms with Crippen LogP contribution in [0.25, 0.3) is 0 Å². The number of nitrogens with zero attached hydrogens (tertiary/aromatic N) is 2. The summed E-state index contributed by atoms with van der Waals surface area (Å²) in [7, 11) is 0. The molecular formula is C12H19N5. The average molecular weight is 233 g/mol. The number of hydrogen-bond acceptors (Lipinski definition) is 1. The van der Waals surface area contributed by atoms with Crippen LogP contribution < -0.4 is 16.8 Å². The summed E-state index contributed by atoms with van der Waals surface area (Å²) in [5, 5.41) is 2.99. The molecule has 0 saturated carbocycles. The molecule has 0 spiro atoms. The normalized spacial score (nSPS) is 12.6. The molecule has 5 N–H and O–H groups in total. The first-order chi connectivity index (χ1) is 8.02. The minimum atomic E-state index is 0.183. The third kappa shape index (κ3) is 4.14. The maximum absolute atomic E-state index is 5.72. The minimum Gasteiger partial charge on any atom is -0.369 e. The Morgan fingerprint density at radius 2 is 2.00 bits per heavy atom. The van der Waals surface area contributed by atoms with Crippen LogP contribution in [0, 0.1) is 13.8 Å². The Hall–Kier alpha value is -2.04. The van der Waals surface area contributed by atoms with Crippen LogP contribution in [0.3, 0.4) is 0 Å². The van der Waals surface area contributed by atoms with Gasteiger partial charge in [0.1, 0.15) is 0 Å². The van der Waals surface area contributed by atoms with E-state index in [1.807, 2.05) is 32.9 Å². The maximum Gasteiger partial charge on any atom is 0.218 e. The highest BCUT2D eigenvalue weighted by Gasteiger charge is 2.00. The van der Waals surface area contributed by atoms with E-state index in [9.17, 15) is 0 Å². The van der Waals surface area contributed by atoms with E-state index in [-0.39, 0.29) is 11.9 Å². The predicted molar refractivity (Wildman–Crippen MR) is 73.3 cm³/mol. The number of rotatable bonds is 2. The van der Waals surface area contributed by atoms with Crippen molar-refractivity contribution in [3.05, 3.63) is 29.3 Å². The molecule has 0 bridgehead atoms. The molecule has 5 heteroatoms. The van der Waals surface area contributed by atoms with E-state index in [4.69, 9.17) is 11.5 Å². The summed E-state index contributed by atoms with van der Waals surface area (Å²) in [5.74, 6) is 0.425. The molecule has 17 heavy (non-hydrogen) atoms. The first-order valence-electron chi connectivity index (χ1n) is 5.51. The molecule has 1 rings (SSSR count). The average Bonchev–Trinajstić information content (AvgIpc) is 2.22. The smallest absolute Gasteiger partial charge is 0.218 e. The number of benzene rings is 1. The molecule has 0 radical (unpaired) electrons. The molecule has 1 aromatic carbocycles. The zero-order valence-corrected chi connectivity index (χ0v) is 10.5. The summed E-state index contributed by atoms with van der Waals surface area (Å²) >= 11 is 0. The number of hydrogen-bond donors (Lipinski definition) is 3. The van der Waals surface area contributed by atoms with Crippen molar-refractivity contribution in [1.82, 2.24) is 0 Å². The molecule has 0 heterocycles. The molecule has 0 aliphatic heterocycles. The topological polar surface area (TPSA) is 88.8 Å². The third-order valence-corrected chi connectivity index (χ3v) is 2.20. The standard InChI is InChI=1S/C12H19N5/c1-4-15-11(13)17-12(14)16-10-6-5-8(2)7-9(10)3/h5-7H,4H2,1-3H3,(H5,13,14,15,16,17). The van der Waals surface area contributed by atoms with Crippen LogP contribution in [0.5, 0.6) is 0 Å². The lowest BCUT2D eigenvalue weighted by molar-refractivity contribution is 1.11. The lowest BCUT2D eigenvalue weighted by Gasteiger charge is -2.09. The molecule has 0 amide bonds. The fourth-order valence-electron chi connectivity index (χ4n) is 1.44. The van der Waals surface area contributed by atoms with Crippen LogP contribution in [-0.2, 0) is 0 Å². The number of anilines is 1. The van der Waals surface area contributed by atoms with Gasteiger partial charge < -0.3 is 16.8 Å². The Morgan fingerprint density at radius 1 is 1.29 bits per heavy atom. The highest BCUT2D eigenvalue weighted by Crippen LogP contribution is 2.15. The molecule has 5 nitrogen and oxygen atoms in total. The van der Waals surface area contributed by atoms with Gasteiger partial charge in [0.2, 0.25) is 11.9 Å². The van der Waals surface area contributed by atoms with Crippen LogP contribution >= 0.6 is 0 Å². The van der Waals surface area contributed by atoms with Crippen molar-refractivity contribution in [2.75, 3.05) is 11.9 Å². The fraction of sp³-hybridized carbons (Fsp3) is 0.333. The zero-order valence-electron chi connectivity index (χ0n) is 10.5. The van der Waals surface area contributed by atoms with E-state index < -0.39 is 0 Å². The summed E-state index contributed by atoms with van der Waals surface area (Å²) in [6.45, 7) is 6.52. The van der Waals surface area contributed by atoms with Crippen molar-refractivity contribution in [3.8, 4) is 0 Å². The van der Waals surface area contributed by atoms with Gasteiger partial charge in [0.25, 0.3) is 0 Å². The second-order valence-electron chi connectivity index (χ2n) is 3.77. The van der Waals surface area contributed by atoms with Gasteiger partial charge in [0.05, 0.1) is 0 Å². The number of guanidine groups is 2. The van der Waals surface area contributed by atoms with Crippen molar-refractivity contribution < 1.29 is 0 Å². The molecule has 1 aromatic rings. The Labute approximate surface area is 102 Å². The van der Waals surface area contributed by atoms with Crippen LogP contribution in [-0.4, -0.2) is 18.5 Å². The van der Waals surface area contributed by atoms with E-state index in [1.54, 1.807) is 0 Å². The summed E-state index contributed by atoms with van der Waals surface area (Å²) in [6.07, 6.45) is 0. The minimum absolute atomic E-state index is 0.183. The molecule has 0 saturated heterocycles. The summed E-state index contributed by atoms with van der Waals surface area (Å²) < 4.78 is 0. The lowest BCUT2D eigenvalue weighted by atomic mass is 10.1. The Bertz CT molecular complexity index is 448. The second kappa shape index (κ2) is 5.89. The largest absolute Gasteiger partial charge is 0.369 e. The van der Waals surface area contributed by atoms with Gasteiger partial charge in [-0.1, -0.05) is 17.7 Å². The SMILES string of the molecule is CCN=C(N)/N=C(\N)Nc1ccc(C)cc1C. The molecule has 0 fully saturated rings. The molecule has 0 aliphatic rings. The monoisotopic (exact) mass is 233 g/mol. The number of nitrogens with two attached hydrogens (primary N) is 2. The summed E-state index contributed by atoms with van der Waals surface area (Å²) in [4.78, 5) is 7.87. The molecular weight excluding hydrogens is 214 g/mol. The van der Waals surface area contributed by atoms with Crippen molar-refractivity contribution in [1.29, 1.82) is 0 Å². The third-order valence-electron chi connectivity index (χ3n) is 2.20.